The fourth-order valence-electron chi connectivity index (χ4n) is 3.77. The highest BCUT2D eigenvalue weighted by molar-refractivity contribution is 6.06. The molecule has 4 aromatic rings. The monoisotopic (exact) mass is 382 g/mol. The van der Waals surface area contributed by atoms with Crippen molar-refractivity contribution in [3.05, 3.63) is 90.0 Å². The van der Waals surface area contributed by atoms with E-state index in [4.69, 9.17) is 0 Å². The summed E-state index contributed by atoms with van der Waals surface area (Å²) in [5.41, 5.74) is 6.00. The molecule has 0 saturated carbocycles. The van der Waals surface area contributed by atoms with Gasteiger partial charge in [-0.2, -0.15) is 0 Å². The fourth-order valence-corrected chi connectivity index (χ4v) is 3.77. The molecule has 0 unspecified atom stereocenters. The van der Waals surface area contributed by atoms with Crippen LogP contribution in [0.5, 0.6) is 0 Å². The number of carbonyl (C=O) groups is 2. The van der Waals surface area contributed by atoms with Gasteiger partial charge in [-0.15, -0.1) is 0 Å². The minimum atomic E-state index is -0.244. The van der Waals surface area contributed by atoms with Gasteiger partial charge in [0.05, 0.1) is 12.1 Å². The minimum Gasteiger partial charge on any atom is -0.323 e. The Labute approximate surface area is 167 Å². The van der Waals surface area contributed by atoms with Crippen molar-refractivity contribution in [1.82, 2.24) is 14.7 Å². The first-order valence-corrected chi connectivity index (χ1v) is 9.40. The van der Waals surface area contributed by atoms with Gasteiger partial charge in [0.1, 0.15) is 5.69 Å². The van der Waals surface area contributed by atoms with Crippen LogP contribution in [0.2, 0.25) is 0 Å². The Morgan fingerprint density at radius 1 is 0.966 bits per heavy atom. The van der Waals surface area contributed by atoms with Crippen LogP contribution in [-0.4, -0.2) is 27.6 Å². The third-order valence-electron chi connectivity index (χ3n) is 5.17. The van der Waals surface area contributed by atoms with E-state index >= 15 is 0 Å². The highest BCUT2D eigenvalue weighted by Gasteiger charge is 2.20. The Morgan fingerprint density at radius 3 is 2.52 bits per heavy atom. The SMILES string of the molecule is O=C(Nc1ccc(-c2ccn3ccc4c3c2CNCC4=O)cc1)c1ccccn1. The lowest BCUT2D eigenvalue weighted by Crippen LogP contribution is -2.19. The summed E-state index contributed by atoms with van der Waals surface area (Å²) in [6, 6.07) is 16.9. The normalized spacial score (nSPS) is 13.3. The van der Waals surface area contributed by atoms with Crippen LogP contribution < -0.4 is 10.6 Å². The lowest BCUT2D eigenvalue weighted by Gasteiger charge is -2.13. The molecule has 0 fully saturated rings. The molecule has 4 heterocycles. The van der Waals surface area contributed by atoms with Crippen LogP contribution in [0, 0.1) is 0 Å². The standard InChI is InChI=1S/C23H18N4O2/c28-21-14-24-13-19-17(8-11-27-12-9-18(21)22(19)27)15-4-6-16(7-5-15)26-23(29)20-3-1-2-10-25-20/h1-12,24H,13-14H2,(H,26,29). The number of rotatable bonds is 3. The summed E-state index contributed by atoms with van der Waals surface area (Å²) >= 11 is 0. The Kier molecular flexibility index (Phi) is 4.18. The zero-order chi connectivity index (χ0) is 19.8. The van der Waals surface area contributed by atoms with Crippen molar-refractivity contribution in [3.8, 4) is 11.1 Å². The molecule has 1 aliphatic rings. The van der Waals surface area contributed by atoms with Crippen LogP contribution in [0.25, 0.3) is 16.6 Å². The van der Waals surface area contributed by atoms with Crippen LogP contribution in [0.3, 0.4) is 0 Å². The summed E-state index contributed by atoms with van der Waals surface area (Å²) in [6.45, 7) is 0.965. The fraction of sp³-hybridized carbons (Fsp3) is 0.0870. The second-order valence-corrected chi connectivity index (χ2v) is 6.97. The average Bonchev–Trinajstić information content (AvgIpc) is 3.12. The summed E-state index contributed by atoms with van der Waals surface area (Å²) < 4.78 is 2.00. The molecule has 142 valence electrons. The molecule has 0 aliphatic carbocycles. The largest absolute Gasteiger partial charge is 0.323 e. The van der Waals surface area contributed by atoms with Gasteiger partial charge in [-0.25, -0.2) is 0 Å². The highest BCUT2D eigenvalue weighted by atomic mass is 16.2. The minimum absolute atomic E-state index is 0.107. The molecule has 0 radical (unpaired) electrons. The Hall–Kier alpha value is -3.77. The number of benzene rings is 1. The lowest BCUT2D eigenvalue weighted by molar-refractivity contribution is 0.0991. The Morgan fingerprint density at radius 2 is 1.76 bits per heavy atom. The van der Waals surface area contributed by atoms with Crippen molar-refractivity contribution in [3.63, 3.8) is 0 Å². The molecule has 0 bridgehead atoms. The Bertz CT molecular complexity index is 1230. The molecule has 3 aromatic heterocycles. The molecular weight excluding hydrogens is 364 g/mol. The molecule has 29 heavy (non-hydrogen) atoms. The number of aromatic nitrogens is 2. The van der Waals surface area contributed by atoms with Gasteiger partial charge in [0, 0.05) is 36.4 Å². The number of carbonyl (C=O) groups excluding carboxylic acids is 2. The third-order valence-corrected chi connectivity index (χ3v) is 5.17. The number of hydrogen-bond acceptors (Lipinski definition) is 4. The van der Waals surface area contributed by atoms with E-state index in [9.17, 15) is 9.59 Å². The van der Waals surface area contributed by atoms with Crippen LogP contribution in [-0.2, 0) is 6.54 Å². The van der Waals surface area contributed by atoms with Crippen molar-refractivity contribution in [1.29, 1.82) is 0 Å². The van der Waals surface area contributed by atoms with Crippen LogP contribution >= 0.6 is 0 Å². The number of nitrogens with one attached hydrogen (secondary N) is 2. The van der Waals surface area contributed by atoms with E-state index in [1.54, 1.807) is 24.4 Å². The predicted molar refractivity (Wildman–Crippen MR) is 111 cm³/mol. The molecular formula is C23H18N4O2. The third kappa shape index (κ3) is 3.09. The molecule has 1 aromatic carbocycles. The van der Waals surface area contributed by atoms with E-state index in [1.807, 2.05) is 47.1 Å². The maximum absolute atomic E-state index is 12.3. The number of ketones is 1. The van der Waals surface area contributed by atoms with Gasteiger partial charge in [-0.1, -0.05) is 18.2 Å². The smallest absolute Gasteiger partial charge is 0.274 e. The summed E-state index contributed by atoms with van der Waals surface area (Å²) in [4.78, 5) is 28.7. The number of anilines is 1. The summed E-state index contributed by atoms with van der Waals surface area (Å²) in [5, 5.41) is 6.09. The van der Waals surface area contributed by atoms with Gasteiger partial charge >= 0.3 is 0 Å². The second kappa shape index (κ2) is 7.00. The number of pyridine rings is 2. The number of Topliss-reactive ketones (excluding diaryl/α,β-unsaturated/α-hetero) is 1. The van der Waals surface area contributed by atoms with E-state index in [2.05, 4.69) is 21.7 Å². The van der Waals surface area contributed by atoms with E-state index < -0.39 is 0 Å². The first kappa shape index (κ1) is 17.3. The van der Waals surface area contributed by atoms with Crippen molar-refractivity contribution in [2.75, 3.05) is 11.9 Å². The van der Waals surface area contributed by atoms with E-state index in [0.717, 1.165) is 27.8 Å². The van der Waals surface area contributed by atoms with Gasteiger partial charge in [0.25, 0.3) is 5.91 Å². The molecule has 6 nitrogen and oxygen atoms in total. The summed E-state index contributed by atoms with van der Waals surface area (Å²) in [6.07, 6.45) is 5.50. The van der Waals surface area contributed by atoms with E-state index in [0.29, 0.717) is 24.5 Å². The van der Waals surface area contributed by atoms with Crippen molar-refractivity contribution < 1.29 is 9.59 Å². The number of hydrogen-bond donors (Lipinski definition) is 2. The molecule has 0 atom stereocenters. The first-order chi connectivity index (χ1) is 14.2. The molecule has 0 spiro atoms. The summed E-state index contributed by atoms with van der Waals surface area (Å²) in [7, 11) is 0. The average molecular weight is 382 g/mol. The van der Waals surface area contributed by atoms with Crippen LogP contribution in [0.1, 0.15) is 26.4 Å². The zero-order valence-electron chi connectivity index (χ0n) is 15.6. The summed E-state index contributed by atoms with van der Waals surface area (Å²) in [5.74, 6) is -0.136. The maximum Gasteiger partial charge on any atom is 0.274 e. The predicted octanol–water partition coefficient (Wildman–Crippen LogP) is 3.54. The first-order valence-electron chi connectivity index (χ1n) is 9.40. The molecule has 0 saturated heterocycles. The molecule has 1 amide bonds. The molecule has 5 rings (SSSR count). The quantitative estimate of drug-likeness (QED) is 0.568. The van der Waals surface area contributed by atoms with E-state index in [-0.39, 0.29) is 11.7 Å². The van der Waals surface area contributed by atoms with Crippen molar-refractivity contribution >= 4 is 22.9 Å². The maximum atomic E-state index is 12.3. The number of nitrogens with zero attached hydrogens (tertiary/aromatic N) is 2. The van der Waals surface area contributed by atoms with Gasteiger partial charge in [-0.05, 0) is 53.1 Å². The van der Waals surface area contributed by atoms with Gasteiger partial charge in [0.2, 0.25) is 0 Å². The molecule has 6 heteroatoms. The topological polar surface area (TPSA) is 75.5 Å². The van der Waals surface area contributed by atoms with Gasteiger partial charge in [0.15, 0.2) is 5.78 Å². The number of amides is 1. The van der Waals surface area contributed by atoms with Crippen LogP contribution in [0.15, 0.2) is 73.2 Å². The lowest BCUT2D eigenvalue weighted by atomic mass is 9.98. The van der Waals surface area contributed by atoms with Crippen molar-refractivity contribution in [2.45, 2.75) is 6.54 Å². The van der Waals surface area contributed by atoms with Gasteiger partial charge in [-0.3, -0.25) is 14.6 Å². The molecule has 1 aliphatic heterocycles. The van der Waals surface area contributed by atoms with Crippen molar-refractivity contribution in [2.24, 2.45) is 0 Å². The van der Waals surface area contributed by atoms with Gasteiger partial charge < -0.3 is 15.0 Å². The highest BCUT2D eigenvalue weighted by Crippen LogP contribution is 2.31. The zero-order valence-corrected chi connectivity index (χ0v) is 15.6. The second-order valence-electron chi connectivity index (χ2n) is 6.97. The Balaban J connectivity index is 1.48. The van der Waals surface area contributed by atoms with Crippen LogP contribution in [0.4, 0.5) is 5.69 Å². The van der Waals surface area contributed by atoms with E-state index in [1.165, 1.54) is 0 Å². The molecule has 2 N–H and O–H groups in total.